The van der Waals surface area contributed by atoms with Crippen LogP contribution in [0.5, 0.6) is 0 Å². The van der Waals surface area contributed by atoms with Gasteiger partial charge in [0.1, 0.15) is 24.4 Å². The molecule has 1 rings (SSSR count). The number of carbonyl (C=O) groups excluding carboxylic acids is 1. The normalized spacial score (nSPS) is 21.9. The molecule has 0 aromatic rings. The summed E-state index contributed by atoms with van der Waals surface area (Å²) in [5.74, 6) is -0.298. The molecular weight excluding hydrogens is 715 g/mol. The predicted molar refractivity (Wildman–Crippen MR) is 213 cm³/mol. The number of aliphatic hydroxyl groups excluding tert-OH is 4. The van der Waals surface area contributed by atoms with Crippen molar-refractivity contribution in [2.75, 3.05) is 13.2 Å². The number of amides is 1. The molecule has 7 unspecified atom stereocenters. The molecule has 1 aliphatic rings. The molecule has 6 N–H and O–H groups in total. The van der Waals surface area contributed by atoms with Gasteiger partial charge in [0.15, 0.2) is 6.29 Å². The number of unbranched alkanes of at least 4 members (excludes halogenated alkanes) is 19. The van der Waals surface area contributed by atoms with Crippen molar-refractivity contribution in [1.29, 1.82) is 0 Å². The third-order valence-corrected chi connectivity index (χ3v) is 10.5. The van der Waals surface area contributed by atoms with E-state index in [0.29, 0.717) is 12.8 Å². The lowest BCUT2D eigenvalue weighted by Gasteiger charge is -2.41. The number of rotatable bonds is 35. The van der Waals surface area contributed by atoms with E-state index >= 15 is 0 Å². The summed E-state index contributed by atoms with van der Waals surface area (Å²) in [5, 5.41) is 44.6. The van der Waals surface area contributed by atoms with Crippen molar-refractivity contribution in [2.45, 2.75) is 217 Å². The van der Waals surface area contributed by atoms with E-state index in [4.69, 9.17) is 14.0 Å². The van der Waals surface area contributed by atoms with Crippen LogP contribution in [0, 0.1) is 0 Å². The van der Waals surface area contributed by atoms with Crippen LogP contribution in [0.2, 0.25) is 0 Å². The lowest BCUT2D eigenvalue weighted by molar-refractivity contribution is -0.298. The number of aliphatic hydroxyl groups is 4. The first-order valence-corrected chi connectivity index (χ1v) is 22.6. The Morgan fingerprint density at radius 3 is 1.76 bits per heavy atom. The molecule has 318 valence electrons. The van der Waals surface area contributed by atoms with Gasteiger partial charge in [0.25, 0.3) is 0 Å². The molecule has 1 amide bonds. The fourth-order valence-electron chi connectivity index (χ4n) is 6.68. The summed E-state index contributed by atoms with van der Waals surface area (Å²) in [6.45, 7) is 3.38. The van der Waals surface area contributed by atoms with Gasteiger partial charge in [-0.3, -0.25) is 9.35 Å². The molecule has 0 aliphatic carbocycles. The van der Waals surface area contributed by atoms with Crippen molar-refractivity contribution in [3.63, 3.8) is 0 Å². The van der Waals surface area contributed by atoms with Crippen LogP contribution < -0.4 is 5.32 Å². The third kappa shape index (κ3) is 25.7. The molecule has 0 bridgehead atoms. The van der Waals surface area contributed by atoms with Gasteiger partial charge < -0.3 is 35.2 Å². The van der Waals surface area contributed by atoms with Crippen LogP contribution in [0.1, 0.15) is 174 Å². The first-order valence-electron chi connectivity index (χ1n) is 21.2. The Morgan fingerprint density at radius 2 is 1.24 bits per heavy atom. The molecule has 0 radical (unpaired) electrons. The minimum Gasteiger partial charge on any atom is -0.394 e. The summed E-state index contributed by atoms with van der Waals surface area (Å²) in [6.07, 6.45) is 26.3. The minimum absolute atomic E-state index is 0.186. The molecule has 1 fully saturated rings. The predicted octanol–water partition coefficient (Wildman–Crippen LogP) is 7.38. The van der Waals surface area contributed by atoms with E-state index in [0.717, 1.165) is 38.5 Å². The lowest BCUT2D eigenvalue weighted by Crippen LogP contribution is -2.61. The Bertz CT molecular complexity index is 1070. The van der Waals surface area contributed by atoms with E-state index in [1.54, 1.807) is 0 Å². The van der Waals surface area contributed by atoms with Crippen LogP contribution in [0.25, 0.3) is 0 Å². The van der Waals surface area contributed by atoms with Gasteiger partial charge in [-0.25, -0.2) is 4.18 Å². The van der Waals surface area contributed by atoms with Gasteiger partial charge in [0.05, 0.1) is 25.4 Å². The maximum atomic E-state index is 12.9. The van der Waals surface area contributed by atoms with E-state index in [1.807, 2.05) is 12.2 Å². The van der Waals surface area contributed by atoms with Crippen LogP contribution in [0.3, 0.4) is 0 Å². The fourth-order valence-corrected chi connectivity index (χ4v) is 7.19. The topological polar surface area (TPSA) is 192 Å². The van der Waals surface area contributed by atoms with E-state index in [2.05, 4.69) is 35.5 Å². The van der Waals surface area contributed by atoms with Crippen molar-refractivity contribution >= 4 is 16.3 Å². The van der Waals surface area contributed by atoms with Crippen molar-refractivity contribution in [3.8, 4) is 0 Å². The molecule has 54 heavy (non-hydrogen) atoms. The van der Waals surface area contributed by atoms with Crippen molar-refractivity contribution < 1.29 is 51.8 Å². The number of hydrogen-bond acceptors (Lipinski definition) is 10. The summed E-state index contributed by atoms with van der Waals surface area (Å²) in [6, 6.07) is -0.885. The second-order valence-corrected chi connectivity index (χ2v) is 16.0. The van der Waals surface area contributed by atoms with Crippen molar-refractivity contribution in [3.05, 3.63) is 24.3 Å². The van der Waals surface area contributed by atoms with Gasteiger partial charge in [0, 0.05) is 6.42 Å². The Morgan fingerprint density at radius 1 is 0.741 bits per heavy atom. The first kappa shape index (κ1) is 50.6. The molecule has 1 saturated heterocycles. The Kier molecular flexibility index (Phi) is 30.6. The van der Waals surface area contributed by atoms with Crippen LogP contribution in [-0.4, -0.2) is 95.4 Å². The highest BCUT2D eigenvalue weighted by Crippen LogP contribution is 2.26. The van der Waals surface area contributed by atoms with Gasteiger partial charge >= 0.3 is 10.4 Å². The summed E-state index contributed by atoms with van der Waals surface area (Å²) in [7, 11) is -5.08. The molecule has 0 spiro atoms. The standard InChI is InChI=1S/C41H77NO11S/c1-3-5-7-9-11-13-15-17-19-20-22-24-26-28-30-35(44)34(33-51-41-39(47)40(53-54(48,49)50)38(46)36(32-43)52-41)42-37(45)31-29-27-25-23-21-18-16-14-12-10-8-6-4-2/h18,21,25,27,34-36,38-41,43-44,46-47H,3-17,19-20,22-24,26,28-33H2,1-2H3,(H,42,45)(H,48,49,50)/b21-18-,27-25-. The van der Waals surface area contributed by atoms with Gasteiger partial charge in [-0.1, -0.05) is 160 Å². The summed E-state index contributed by atoms with van der Waals surface area (Å²) >= 11 is 0. The van der Waals surface area contributed by atoms with Gasteiger partial charge in [-0.2, -0.15) is 8.42 Å². The first-order chi connectivity index (χ1) is 26.0. The molecule has 7 atom stereocenters. The van der Waals surface area contributed by atoms with Crippen molar-refractivity contribution in [1.82, 2.24) is 5.32 Å². The third-order valence-electron chi connectivity index (χ3n) is 10.0. The summed E-state index contributed by atoms with van der Waals surface area (Å²) in [5.41, 5.74) is 0. The highest BCUT2D eigenvalue weighted by atomic mass is 32.3. The van der Waals surface area contributed by atoms with Gasteiger partial charge in [0.2, 0.25) is 5.91 Å². The summed E-state index contributed by atoms with van der Waals surface area (Å²) < 4.78 is 47.5. The largest absolute Gasteiger partial charge is 0.397 e. The van der Waals surface area contributed by atoms with Crippen molar-refractivity contribution in [2.24, 2.45) is 0 Å². The number of carbonyl (C=O) groups is 1. The smallest absolute Gasteiger partial charge is 0.394 e. The maximum absolute atomic E-state index is 12.9. The molecule has 0 aromatic heterocycles. The van der Waals surface area contributed by atoms with Gasteiger partial charge in [-0.15, -0.1) is 0 Å². The van der Waals surface area contributed by atoms with Crippen LogP contribution in [0.4, 0.5) is 0 Å². The Balaban J connectivity index is 2.60. The summed E-state index contributed by atoms with van der Waals surface area (Å²) in [4.78, 5) is 12.9. The molecule has 12 nitrogen and oxygen atoms in total. The van der Waals surface area contributed by atoms with Gasteiger partial charge in [-0.05, 0) is 32.1 Å². The monoisotopic (exact) mass is 792 g/mol. The Labute approximate surface area is 327 Å². The molecular formula is C41H77NO11S. The van der Waals surface area contributed by atoms with Crippen LogP contribution in [-0.2, 0) is 28.9 Å². The quantitative estimate of drug-likeness (QED) is 0.0213. The molecule has 1 aliphatic heterocycles. The SMILES string of the molecule is CCCCCCCC/C=C\C/C=C\CCC(=O)NC(COC1OC(CO)C(O)C(OS(=O)(=O)O)C1O)C(O)CCCCCCCCCCCCCCCC. The molecule has 1 heterocycles. The number of nitrogens with one attached hydrogen (secondary N) is 1. The minimum atomic E-state index is -5.08. The maximum Gasteiger partial charge on any atom is 0.397 e. The number of allylic oxidation sites excluding steroid dienone is 4. The second-order valence-electron chi connectivity index (χ2n) is 14.9. The van der Waals surface area contributed by atoms with E-state index in [1.165, 1.54) is 103 Å². The highest BCUT2D eigenvalue weighted by Gasteiger charge is 2.48. The van der Waals surface area contributed by atoms with E-state index < -0.39 is 59.9 Å². The number of ether oxygens (including phenoxy) is 2. The average molecular weight is 792 g/mol. The fraction of sp³-hybridized carbons (Fsp3) is 0.878. The van der Waals surface area contributed by atoms with E-state index in [9.17, 15) is 33.6 Å². The average Bonchev–Trinajstić information content (AvgIpc) is 3.14. The van der Waals surface area contributed by atoms with E-state index in [-0.39, 0.29) is 18.9 Å². The lowest BCUT2D eigenvalue weighted by atomic mass is 9.99. The zero-order valence-corrected chi connectivity index (χ0v) is 34.4. The molecule has 0 saturated carbocycles. The Hall–Kier alpha value is -1.42. The number of hydrogen-bond donors (Lipinski definition) is 6. The van der Waals surface area contributed by atoms with Crippen LogP contribution >= 0.6 is 0 Å². The second kappa shape index (κ2) is 32.6. The zero-order chi connectivity index (χ0) is 39.9. The molecule has 13 heteroatoms. The van der Waals surface area contributed by atoms with Crippen LogP contribution in [0.15, 0.2) is 24.3 Å². The zero-order valence-electron chi connectivity index (χ0n) is 33.5. The highest BCUT2D eigenvalue weighted by molar-refractivity contribution is 7.80. The molecule has 0 aromatic carbocycles.